The molecule has 1 rings (SSSR count). The van der Waals surface area contributed by atoms with Crippen LogP contribution in [0.25, 0.3) is 5.57 Å². The molecule has 0 spiro atoms. The van der Waals surface area contributed by atoms with E-state index in [1.165, 1.54) is 5.57 Å². The van der Waals surface area contributed by atoms with Gasteiger partial charge in [0.1, 0.15) is 0 Å². The molecule has 0 saturated carbocycles. The Morgan fingerprint density at radius 3 is 2.85 bits per heavy atom. The Labute approximate surface area is 79.7 Å². The van der Waals surface area contributed by atoms with Gasteiger partial charge in [-0.05, 0) is 18.4 Å². The third-order valence-corrected chi connectivity index (χ3v) is 2.15. The molecule has 2 nitrogen and oxygen atoms in total. The zero-order chi connectivity index (χ0) is 9.68. The predicted octanol–water partition coefficient (Wildman–Crippen LogP) is 2.93. The summed E-state index contributed by atoms with van der Waals surface area (Å²) >= 11 is 0. The molecule has 0 fully saturated rings. The summed E-state index contributed by atoms with van der Waals surface area (Å²) in [6.07, 6.45) is 8.62. The summed E-state index contributed by atoms with van der Waals surface area (Å²) in [6, 6.07) is 0. The molecule has 0 saturated heterocycles. The Morgan fingerprint density at radius 1 is 1.54 bits per heavy atom. The number of aromatic nitrogens is 2. The number of hydrogen-bond acceptors (Lipinski definition) is 2. The first-order valence-electron chi connectivity index (χ1n) is 4.68. The van der Waals surface area contributed by atoms with E-state index in [9.17, 15) is 0 Å². The molecular formula is C11H16N2. The van der Waals surface area contributed by atoms with Crippen LogP contribution in [0.3, 0.4) is 0 Å². The second-order valence-corrected chi connectivity index (χ2v) is 3.33. The van der Waals surface area contributed by atoms with Gasteiger partial charge in [-0.15, -0.1) is 0 Å². The van der Waals surface area contributed by atoms with Crippen molar-refractivity contribution in [1.29, 1.82) is 0 Å². The van der Waals surface area contributed by atoms with Crippen LogP contribution in [-0.4, -0.2) is 9.97 Å². The van der Waals surface area contributed by atoms with Crippen LogP contribution < -0.4 is 0 Å². The maximum absolute atomic E-state index is 4.24. The van der Waals surface area contributed by atoms with E-state index in [-0.39, 0.29) is 0 Å². The maximum atomic E-state index is 4.24. The number of rotatable bonds is 3. The Bertz CT molecular complexity index is 277. The maximum Gasteiger partial charge on any atom is 0.0838 e. The summed E-state index contributed by atoms with van der Waals surface area (Å²) in [5.41, 5.74) is 2.19. The monoisotopic (exact) mass is 176 g/mol. The van der Waals surface area contributed by atoms with Crippen LogP contribution in [0.15, 0.2) is 24.7 Å². The first-order valence-corrected chi connectivity index (χ1v) is 4.68. The van der Waals surface area contributed by atoms with Crippen molar-refractivity contribution in [2.45, 2.75) is 27.2 Å². The summed E-state index contributed by atoms with van der Waals surface area (Å²) in [5, 5.41) is 0. The summed E-state index contributed by atoms with van der Waals surface area (Å²) in [7, 11) is 0. The van der Waals surface area contributed by atoms with Gasteiger partial charge in [-0.1, -0.05) is 26.3 Å². The summed E-state index contributed by atoms with van der Waals surface area (Å²) in [5.74, 6) is 0.613. The minimum atomic E-state index is 0.613. The zero-order valence-corrected chi connectivity index (χ0v) is 8.49. The van der Waals surface area contributed by atoms with Gasteiger partial charge in [0, 0.05) is 12.4 Å². The quantitative estimate of drug-likeness (QED) is 0.707. The molecule has 0 radical (unpaired) electrons. The minimum absolute atomic E-state index is 0.613. The SMILES string of the molecule is CCC(C)C=C(C)c1cnccn1. The van der Waals surface area contributed by atoms with Crippen LogP contribution in [0.5, 0.6) is 0 Å². The summed E-state index contributed by atoms with van der Waals surface area (Å²) in [6.45, 7) is 6.47. The van der Waals surface area contributed by atoms with E-state index in [1.807, 2.05) is 0 Å². The molecule has 0 amide bonds. The van der Waals surface area contributed by atoms with Crippen LogP contribution >= 0.6 is 0 Å². The summed E-state index contributed by atoms with van der Waals surface area (Å²) in [4.78, 5) is 8.27. The lowest BCUT2D eigenvalue weighted by molar-refractivity contribution is 0.699. The van der Waals surface area contributed by atoms with Crippen molar-refractivity contribution in [1.82, 2.24) is 9.97 Å². The highest BCUT2D eigenvalue weighted by Gasteiger charge is 1.98. The van der Waals surface area contributed by atoms with E-state index in [0.717, 1.165) is 12.1 Å². The Balaban J connectivity index is 2.79. The molecule has 1 aromatic rings. The molecular weight excluding hydrogens is 160 g/mol. The molecule has 0 aliphatic heterocycles. The van der Waals surface area contributed by atoms with E-state index < -0.39 is 0 Å². The molecule has 1 aromatic heterocycles. The van der Waals surface area contributed by atoms with Crippen LogP contribution in [0.1, 0.15) is 32.9 Å². The van der Waals surface area contributed by atoms with Crippen molar-refractivity contribution < 1.29 is 0 Å². The van der Waals surface area contributed by atoms with Gasteiger partial charge in [-0.2, -0.15) is 0 Å². The van der Waals surface area contributed by atoms with E-state index >= 15 is 0 Å². The molecule has 0 bridgehead atoms. The molecule has 2 heteroatoms. The van der Waals surface area contributed by atoms with E-state index in [1.54, 1.807) is 18.6 Å². The Kier molecular flexibility index (Phi) is 3.62. The minimum Gasteiger partial charge on any atom is -0.261 e. The standard InChI is InChI=1S/C11H16N2/c1-4-9(2)7-10(3)11-8-12-5-6-13-11/h5-9H,4H2,1-3H3. The van der Waals surface area contributed by atoms with Crippen molar-refractivity contribution in [3.05, 3.63) is 30.4 Å². The van der Waals surface area contributed by atoms with Crippen LogP contribution in [0.2, 0.25) is 0 Å². The number of nitrogens with zero attached hydrogens (tertiary/aromatic N) is 2. The second-order valence-electron chi connectivity index (χ2n) is 3.33. The molecule has 70 valence electrons. The fourth-order valence-corrected chi connectivity index (χ4v) is 1.13. The van der Waals surface area contributed by atoms with Crippen molar-refractivity contribution in [2.75, 3.05) is 0 Å². The lowest BCUT2D eigenvalue weighted by Crippen LogP contribution is -1.91. The third kappa shape index (κ3) is 2.98. The van der Waals surface area contributed by atoms with E-state index in [0.29, 0.717) is 5.92 Å². The fourth-order valence-electron chi connectivity index (χ4n) is 1.13. The molecule has 13 heavy (non-hydrogen) atoms. The number of hydrogen-bond donors (Lipinski definition) is 0. The second kappa shape index (κ2) is 4.75. The van der Waals surface area contributed by atoms with Crippen molar-refractivity contribution >= 4 is 5.57 Å². The molecule has 1 heterocycles. The first-order chi connectivity index (χ1) is 6.24. The highest BCUT2D eigenvalue weighted by molar-refractivity contribution is 5.59. The van der Waals surface area contributed by atoms with Crippen molar-refractivity contribution in [3.63, 3.8) is 0 Å². The van der Waals surface area contributed by atoms with Gasteiger partial charge in [0.2, 0.25) is 0 Å². The van der Waals surface area contributed by atoms with Gasteiger partial charge in [-0.25, -0.2) is 0 Å². The van der Waals surface area contributed by atoms with Crippen LogP contribution in [-0.2, 0) is 0 Å². The topological polar surface area (TPSA) is 25.8 Å². The molecule has 0 aromatic carbocycles. The average molecular weight is 176 g/mol. The van der Waals surface area contributed by atoms with Crippen LogP contribution in [0.4, 0.5) is 0 Å². The summed E-state index contributed by atoms with van der Waals surface area (Å²) < 4.78 is 0. The van der Waals surface area contributed by atoms with Gasteiger partial charge in [0.15, 0.2) is 0 Å². The zero-order valence-electron chi connectivity index (χ0n) is 8.49. The van der Waals surface area contributed by atoms with E-state index in [2.05, 4.69) is 36.8 Å². The molecule has 1 atom stereocenters. The highest BCUT2D eigenvalue weighted by Crippen LogP contribution is 2.13. The fraction of sp³-hybridized carbons (Fsp3) is 0.455. The average Bonchev–Trinajstić information content (AvgIpc) is 2.19. The smallest absolute Gasteiger partial charge is 0.0838 e. The van der Waals surface area contributed by atoms with Gasteiger partial charge in [0.25, 0.3) is 0 Å². The largest absolute Gasteiger partial charge is 0.261 e. The van der Waals surface area contributed by atoms with Gasteiger partial charge < -0.3 is 0 Å². The lowest BCUT2D eigenvalue weighted by atomic mass is 10.0. The highest BCUT2D eigenvalue weighted by atomic mass is 14.8. The van der Waals surface area contributed by atoms with Crippen molar-refractivity contribution in [2.24, 2.45) is 5.92 Å². The van der Waals surface area contributed by atoms with Gasteiger partial charge in [0.05, 0.1) is 11.9 Å². The molecule has 0 N–H and O–H groups in total. The van der Waals surface area contributed by atoms with Gasteiger partial charge in [-0.3, -0.25) is 9.97 Å². The first kappa shape index (κ1) is 9.90. The predicted molar refractivity (Wildman–Crippen MR) is 55.1 cm³/mol. The van der Waals surface area contributed by atoms with E-state index in [4.69, 9.17) is 0 Å². The Hall–Kier alpha value is -1.18. The molecule has 0 aliphatic carbocycles. The van der Waals surface area contributed by atoms with Gasteiger partial charge >= 0.3 is 0 Å². The molecule has 0 aliphatic rings. The Morgan fingerprint density at radius 2 is 2.31 bits per heavy atom. The molecule has 1 unspecified atom stereocenters. The van der Waals surface area contributed by atoms with Crippen LogP contribution in [0, 0.1) is 5.92 Å². The van der Waals surface area contributed by atoms with Crippen molar-refractivity contribution in [3.8, 4) is 0 Å². The third-order valence-electron chi connectivity index (χ3n) is 2.15. The number of allylic oxidation sites excluding steroid dienone is 2. The lowest BCUT2D eigenvalue weighted by Gasteiger charge is -2.04. The normalized spacial score (nSPS) is 14.2.